The monoisotopic (exact) mass is 450 g/mol. The molecule has 0 aliphatic carbocycles. The van der Waals surface area contributed by atoms with Crippen LogP contribution in [0.3, 0.4) is 0 Å². The molecule has 0 aliphatic rings. The van der Waals surface area contributed by atoms with Gasteiger partial charge in [-0.15, -0.1) is 11.3 Å². The summed E-state index contributed by atoms with van der Waals surface area (Å²) in [6.07, 6.45) is 2.67. The average Bonchev–Trinajstić information content (AvgIpc) is 3.11. The van der Waals surface area contributed by atoms with Crippen molar-refractivity contribution in [2.75, 3.05) is 17.2 Å². The van der Waals surface area contributed by atoms with E-state index >= 15 is 0 Å². The molecule has 0 saturated heterocycles. The molecule has 7 heteroatoms. The van der Waals surface area contributed by atoms with Gasteiger partial charge in [-0.1, -0.05) is 48.0 Å². The second-order valence-electron chi connectivity index (χ2n) is 7.34. The van der Waals surface area contributed by atoms with Crippen LogP contribution in [0.1, 0.15) is 23.3 Å². The van der Waals surface area contributed by atoms with Crippen molar-refractivity contribution in [1.82, 2.24) is 9.97 Å². The molecule has 1 amide bonds. The Labute approximate surface area is 190 Å². The molecule has 0 atom stereocenters. The maximum atomic E-state index is 12.3. The molecule has 4 aromatic rings. The van der Waals surface area contributed by atoms with E-state index < -0.39 is 0 Å². The van der Waals surface area contributed by atoms with Gasteiger partial charge in [-0.2, -0.15) is 0 Å². The number of aryl methyl sites for hydroxylation is 2. The number of hydrogen-bond acceptors (Lipinski definition) is 5. The van der Waals surface area contributed by atoms with E-state index in [1.807, 2.05) is 37.3 Å². The number of hydrogen-bond donors (Lipinski definition) is 2. The third kappa shape index (κ3) is 4.86. The second-order valence-corrected chi connectivity index (χ2v) is 8.95. The number of amides is 1. The molecule has 2 heterocycles. The predicted molar refractivity (Wildman–Crippen MR) is 130 cm³/mol. The van der Waals surface area contributed by atoms with Gasteiger partial charge in [0.05, 0.1) is 5.39 Å². The van der Waals surface area contributed by atoms with Crippen molar-refractivity contribution < 1.29 is 4.79 Å². The van der Waals surface area contributed by atoms with Crippen molar-refractivity contribution in [3.63, 3.8) is 0 Å². The molecule has 2 N–H and O–H groups in total. The molecule has 0 saturated carbocycles. The SMILES string of the molecule is Cc1ccc(NC(=O)CCCNc2ncnc3sc(C)c(-c4ccccc4)c23)cc1Cl. The Balaban J connectivity index is 1.41. The summed E-state index contributed by atoms with van der Waals surface area (Å²) in [6.45, 7) is 4.68. The fourth-order valence-electron chi connectivity index (χ4n) is 3.48. The van der Waals surface area contributed by atoms with Crippen molar-refractivity contribution >= 4 is 50.6 Å². The Hall–Kier alpha value is -2.96. The van der Waals surface area contributed by atoms with E-state index in [2.05, 4.69) is 39.7 Å². The Kier molecular flexibility index (Phi) is 6.49. The van der Waals surface area contributed by atoms with Gasteiger partial charge in [-0.25, -0.2) is 9.97 Å². The molecule has 158 valence electrons. The van der Waals surface area contributed by atoms with Crippen molar-refractivity contribution in [2.45, 2.75) is 26.7 Å². The number of benzene rings is 2. The lowest BCUT2D eigenvalue weighted by Gasteiger charge is -2.10. The molecular weight excluding hydrogens is 428 g/mol. The van der Waals surface area contributed by atoms with Gasteiger partial charge in [-0.3, -0.25) is 4.79 Å². The number of nitrogens with one attached hydrogen (secondary N) is 2. The summed E-state index contributed by atoms with van der Waals surface area (Å²) in [5, 5.41) is 7.98. The third-order valence-electron chi connectivity index (χ3n) is 5.06. The number of carbonyl (C=O) groups excluding carboxylic acids is 1. The van der Waals surface area contributed by atoms with E-state index in [0.29, 0.717) is 30.1 Å². The first-order valence-corrected chi connectivity index (χ1v) is 11.3. The molecule has 2 aromatic heterocycles. The van der Waals surface area contributed by atoms with Gasteiger partial charge in [0.15, 0.2) is 0 Å². The lowest BCUT2D eigenvalue weighted by molar-refractivity contribution is -0.116. The van der Waals surface area contributed by atoms with Crippen molar-refractivity contribution in [3.05, 3.63) is 70.3 Å². The number of anilines is 2. The fraction of sp³-hybridized carbons (Fsp3) is 0.208. The van der Waals surface area contributed by atoms with E-state index in [9.17, 15) is 4.79 Å². The molecular formula is C24H23ClN4OS. The highest BCUT2D eigenvalue weighted by Crippen LogP contribution is 2.40. The number of fused-ring (bicyclic) bond motifs is 1. The lowest BCUT2D eigenvalue weighted by Crippen LogP contribution is -2.13. The van der Waals surface area contributed by atoms with Crippen LogP contribution in [0.4, 0.5) is 11.5 Å². The molecule has 0 aliphatic heterocycles. The van der Waals surface area contributed by atoms with Crippen LogP contribution in [0, 0.1) is 13.8 Å². The Morgan fingerprint density at radius 3 is 2.68 bits per heavy atom. The maximum Gasteiger partial charge on any atom is 0.224 e. The number of aromatic nitrogens is 2. The molecule has 0 spiro atoms. The Bertz CT molecular complexity index is 1220. The Morgan fingerprint density at radius 2 is 1.90 bits per heavy atom. The highest BCUT2D eigenvalue weighted by atomic mass is 35.5. The summed E-state index contributed by atoms with van der Waals surface area (Å²) in [7, 11) is 0. The van der Waals surface area contributed by atoms with E-state index in [0.717, 1.165) is 32.7 Å². The van der Waals surface area contributed by atoms with Crippen LogP contribution in [0.15, 0.2) is 54.9 Å². The lowest BCUT2D eigenvalue weighted by atomic mass is 10.0. The maximum absolute atomic E-state index is 12.3. The summed E-state index contributed by atoms with van der Waals surface area (Å²) in [4.78, 5) is 23.4. The van der Waals surface area contributed by atoms with Gasteiger partial charge < -0.3 is 10.6 Å². The molecule has 31 heavy (non-hydrogen) atoms. The van der Waals surface area contributed by atoms with Crippen LogP contribution in [0.2, 0.25) is 5.02 Å². The second kappa shape index (κ2) is 9.45. The average molecular weight is 451 g/mol. The van der Waals surface area contributed by atoms with E-state index in [4.69, 9.17) is 11.6 Å². The largest absolute Gasteiger partial charge is 0.369 e. The molecule has 0 fully saturated rings. The minimum absolute atomic E-state index is 0.0362. The summed E-state index contributed by atoms with van der Waals surface area (Å²) in [6, 6.07) is 15.8. The number of carbonyl (C=O) groups is 1. The predicted octanol–water partition coefficient (Wildman–Crippen LogP) is 6.46. The van der Waals surface area contributed by atoms with Crippen LogP contribution in [0.25, 0.3) is 21.3 Å². The molecule has 0 radical (unpaired) electrons. The van der Waals surface area contributed by atoms with Gasteiger partial charge in [0.2, 0.25) is 5.91 Å². The molecule has 0 bridgehead atoms. The third-order valence-corrected chi connectivity index (χ3v) is 6.48. The van der Waals surface area contributed by atoms with Crippen LogP contribution in [-0.2, 0) is 4.79 Å². The van der Waals surface area contributed by atoms with E-state index in [1.54, 1.807) is 23.7 Å². The van der Waals surface area contributed by atoms with Crippen LogP contribution in [-0.4, -0.2) is 22.4 Å². The molecule has 5 nitrogen and oxygen atoms in total. The summed E-state index contributed by atoms with van der Waals surface area (Å²) >= 11 is 7.80. The topological polar surface area (TPSA) is 66.9 Å². The summed E-state index contributed by atoms with van der Waals surface area (Å²) in [5.74, 6) is 0.768. The van der Waals surface area contributed by atoms with Gasteiger partial charge in [-0.05, 0) is 43.5 Å². The van der Waals surface area contributed by atoms with Crippen LogP contribution in [0.5, 0.6) is 0 Å². The highest BCUT2D eigenvalue weighted by molar-refractivity contribution is 7.19. The zero-order chi connectivity index (χ0) is 21.8. The molecule has 0 unspecified atom stereocenters. The minimum Gasteiger partial charge on any atom is -0.369 e. The van der Waals surface area contributed by atoms with Gasteiger partial charge >= 0.3 is 0 Å². The molecule has 2 aromatic carbocycles. The quantitative estimate of drug-likeness (QED) is 0.317. The first kappa shape index (κ1) is 21.3. The first-order valence-electron chi connectivity index (χ1n) is 10.1. The number of thiophene rings is 1. The summed E-state index contributed by atoms with van der Waals surface area (Å²) < 4.78 is 0. The zero-order valence-electron chi connectivity index (χ0n) is 17.4. The van der Waals surface area contributed by atoms with E-state index in [1.165, 1.54) is 4.88 Å². The summed E-state index contributed by atoms with van der Waals surface area (Å²) in [5.41, 5.74) is 4.02. The Morgan fingerprint density at radius 1 is 1.10 bits per heavy atom. The molecule has 4 rings (SSSR count). The number of halogens is 1. The van der Waals surface area contributed by atoms with Crippen LogP contribution < -0.4 is 10.6 Å². The normalized spacial score (nSPS) is 10.9. The van der Waals surface area contributed by atoms with Crippen molar-refractivity contribution in [2.24, 2.45) is 0 Å². The number of rotatable bonds is 7. The zero-order valence-corrected chi connectivity index (χ0v) is 19.0. The smallest absolute Gasteiger partial charge is 0.224 e. The van der Waals surface area contributed by atoms with Gasteiger partial charge in [0, 0.05) is 34.1 Å². The van der Waals surface area contributed by atoms with Gasteiger partial charge in [0.25, 0.3) is 0 Å². The number of nitrogens with zero attached hydrogens (tertiary/aromatic N) is 2. The van der Waals surface area contributed by atoms with Crippen molar-refractivity contribution in [1.29, 1.82) is 0 Å². The first-order chi connectivity index (χ1) is 15.0. The van der Waals surface area contributed by atoms with E-state index in [-0.39, 0.29) is 5.91 Å². The standard InChI is InChI=1S/C24H23ClN4OS/c1-15-10-11-18(13-19(15)25)29-20(30)9-6-12-26-23-22-21(17-7-4-3-5-8-17)16(2)31-24(22)28-14-27-23/h3-5,7-8,10-11,13-14H,6,9,12H2,1-2H3,(H,29,30)(H,26,27,28). The van der Waals surface area contributed by atoms with Crippen molar-refractivity contribution in [3.8, 4) is 11.1 Å². The highest BCUT2D eigenvalue weighted by Gasteiger charge is 2.16. The fourth-order valence-corrected chi connectivity index (χ4v) is 4.67. The minimum atomic E-state index is -0.0362. The van der Waals surface area contributed by atoms with Gasteiger partial charge in [0.1, 0.15) is 17.0 Å². The van der Waals surface area contributed by atoms with Crippen LogP contribution >= 0.6 is 22.9 Å².